The quantitative estimate of drug-likeness (QED) is 0.360. The van der Waals surface area contributed by atoms with E-state index in [0.717, 1.165) is 6.42 Å². The average molecular weight is 348 g/mol. The van der Waals surface area contributed by atoms with Gasteiger partial charge in [-0.2, -0.15) is 0 Å². The van der Waals surface area contributed by atoms with Crippen molar-refractivity contribution in [1.82, 2.24) is 9.55 Å². The first-order chi connectivity index (χ1) is 13.3. The molecule has 0 fully saturated rings. The topological polar surface area (TPSA) is 20.7 Å². The number of nitrogens with one attached hydrogen (secondary N) is 1. The summed E-state index contributed by atoms with van der Waals surface area (Å²) in [5.41, 5.74) is 9.31. The van der Waals surface area contributed by atoms with E-state index < -0.39 is 0 Å². The Hall–Kier alpha value is -3.26. The number of hydrogen-bond acceptors (Lipinski definition) is 0. The summed E-state index contributed by atoms with van der Waals surface area (Å²) in [7, 11) is 0. The Morgan fingerprint density at radius 2 is 1.52 bits per heavy atom. The van der Waals surface area contributed by atoms with Crippen molar-refractivity contribution in [2.75, 3.05) is 0 Å². The van der Waals surface area contributed by atoms with Gasteiger partial charge in [0.05, 0.1) is 11.2 Å². The number of fused-ring (bicyclic) bond motifs is 7. The first-order valence-electron chi connectivity index (χ1n) is 9.61. The molecule has 1 unspecified atom stereocenters. The maximum atomic E-state index is 3.75. The molecule has 1 aliphatic carbocycles. The summed E-state index contributed by atoms with van der Waals surface area (Å²) >= 11 is 0. The lowest BCUT2D eigenvalue weighted by molar-refractivity contribution is 0.724. The lowest BCUT2D eigenvalue weighted by Gasteiger charge is -2.22. The molecule has 5 aromatic rings. The largest absolute Gasteiger partial charge is 0.354 e. The van der Waals surface area contributed by atoms with Crippen LogP contribution in [0, 0.1) is 0 Å². The second-order valence-electron chi connectivity index (χ2n) is 7.57. The molecule has 0 saturated heterocycles. The molecular weight excluding hydrogens is 328 g/mol. The van der Waals surface area contributed by atoms with Crippen molar-refractivity contribution in [2.45, 2.75) is 19.3 Å². The van der Waals surface area contributed by atoms with Crippen LogP contribution in [0.4, 0.5) is 0 Å². The van der Waals surface area contributed by atoms with Crippen LogP contribution in [0.1, 0.15) is 24.1 Å². The molecule has 0 amide bonds. The third-order valence-electron chi connectivity index (χ3n) is 5.98. The fourth-order valence-electron chi connectivity index (χ4n) is 4.90. The molecule has 130 valence electrons. The molecule has 0 radical (unpaired) electrons. The Labute approximate surface area is 158 Å². The van der Waals surface area contributed by atoms with Gasteiger partial charge in [-0.1, -0.05) is 61.5 Å². The zero-order valence-corrected chi connectivity index (χ0v) is 15.2. The highest BCUT2D eigenvalue weighted by molar-refractivity contribution is 6.04. The van der Waals surface area contributed by atoms with Gasteiger partial charge in [-0.15, -0.1) is 0 Å². The zero-order valence-electron chi connectivity index (χ0n) is 15.2. The van der Waals surface area contributed by atoms with Crippen LogP contribution in [0.5, 0.6) is 0 Å². The van der Waals surface area contributed by atoms with Crippen molar-refractivity contribution in [1.29, 1.82) is 0 Å². The van der Waals surface area contributed by atoms with Gasteiger partial charge >= 0.3 is 0 Å². The summed E-state index contributed by atoms with van der Waals surface area (Å²) < 4.78 is 2.45. The van der Waals surface area contributed by atoms with E-state index in [0.29, 0.717) is 5.92 Å². The molecule has 2 nitrogen and oxygen atoms in total. The maximum Gasteiger partial charge on any atom is 0.0538 e. The molecule has 0 bridgehead atoms. The Morgan fingerprint density at radius 1 is 0.815 bits per heavy atom. The van der Waals surface area contributed by atoms with E-state index in [1.54, 1.807) is 0 Å². The zero-order chi connectivity index (χ0) is 18.0. The number of hydrogen-bond donors (Lipinski definition) is 1. The van der Waals surface area contributed by atoms with Crippen LogP contribution < -0.4 is 0 Å². The molecule has 0 spiro atoms. The third kappa shape index (κ3) is 1.95. The van der Waals surface area contributed by atoms with Gasteiger partial charge in [0.2, 0.25) is 0 Å². The molecule has 2 heteroatoms. The van der Waals surface area contributed by atoms with Gasteiger partial charge in [-0.05, 0) is 42.2 Å². The van der Waals surface area contributed by atoms with Crippen molar-refractivity contribution in [2.24, 2.45) is 0 Å². The summed E-state index contributed by atoms with van der Waals surface area (Å²) in [6.45, 7) is 2.36. The van der Waals surface area contributed by atoms with Crippen molar-refractivity contribution in [3.63, 3.8) is 0 Å². The summed E-state index contributed by atoms with van der Waals surface area (Å²) in [5.74, 6) is 0.482. The van der Waals surface area contributed by atoms with E-state index in [9.17, 15) is 0 Å². The highest BCUT2D eigenvalue weighted by Gasteiger charge is 2.31. The fraction of sp³-hybridized carbons (Fsp3) is 0.120. The summed E-state index contributed by atoms with van der Waals surface area (Å²) in [5, 5.41) is 2.69. The number of aromatic nitrogens is 2. The van der Waals surface area contributed by atoms with Gasteiger partial charge in [0.25, 0.3) is 0 Å². The SMILES string of the molecule is CC1Cc2c(c3ccccc3n2-c2ccccc2)-c2[nH]c3ccccc3c21. The van der Waals surface area contributed by atoms with Crippen LogP contribution in [0.25, 0.3) is 38.8 Å². The van der Waals surface area contributed by atoms with Gasteiger partial charge in [0, 0.05) is 33.2 Å². The van der Waals surface area contributed by atoms with Crippen molar-refractivity contribution >= 4 is 21.8 Å². The lowest BCUT2D eigenvalue weighted by Crippen LogP contribution is -2.11. The number of para-hydroxylation sites is 3. The van der Waals surface area contributed by atoms with Crippen molar-refractivity contribution in [3.8, 4) is 16.9 Å². The minimum atomic E-state index is 0.482. The van der Waals surface area contributed by atoms with E-state index in [4.69, 9.17) is 0 Å². The lowest BCUT2D eigenvalue weighted by atomic mass is 9.84. The maximum absolute atomic E-state index is 3.75. The molecule has 6 rings (SSSR count). The number of H-pyrrole nitrogens is 1. The number of nitrogens with zero attached hydrogens (tertiary/aromatic N) is 1. The van der Waals surface area contributed by atoms with Crippen molar-refractivity contribution < 1.29 is 0 Å². The Kier molecular flexibility index (Phi) is 2.96. The van der Waals surface area contributed by atoms with E-state index in [2.05, 4.69) is 95.3 Å². The molecule has 1 aliphatic rings. The summed E-state index contributed by atoms with van der Waals surface area (Å²) in [4.78, 5) is 3.75. The smallest absolute Gasteiger partial charge is 0.0538 e. The first-order valence-corrected chi connectivity index (χ1v) is 9.61. The molecule has 1 N–H and O–H groups in total. The molecule has 0 saturated carbocycles. The normalized spacial score (nSPS) is 15.8. The van der Waals surface area contributed by atoms with Gasteiger partial charge in [-0.25, -0.2) is 0 Å². The van der Waals surface area contributed by atoms with E-state index in [1.165, 1.54) is 50.0 Å². The minimum Gasteiger partial charge on any atom is -0.354 e. The highest BCUT2D eigenvalue weighted by atomic mass is 15.0. The molecule has 0 aliphatic heterocycles. The van der Waals surface area contributed by atoms with Crippen LogP contribution in [-0.2, 0) is 6.42 Å². The van der Waals surface area contributed by atoms with Gasteiger partial charge in [-0.3, -0.25) is 0 Å². The average Bonchev–Trinajstić information content (AvgIpc) is 3.24. The number of aromatic amines is 1. The van der Waals surface area contributed by atoms with Crippen LogP contribution >= 0.6 is 0 Å². The molecule has 3 aromatic carbocycles. The van der Waals surface area contributed by atoms with Crippen LogP contribution in [-0.4, -0.2) is 9.55 Å². The van der Waals surface area contributed by atoms with Crippen LogP contribution in [0.15, 0.2) is 78.9 Å². The first kappa shape index (κ1) is 14.9. The standard InChI is InChI=1S/C25H20N2/c1-16-15-22-24(25-23(16)18-11-5-7-13-20(18)26-25)19-12-6-8-14-21(19)27(22)17-9-3-2-4-10-17/h2-14,16,26H,15H2,1H3. The van der Waals surface area contributed by atoms with Crippen LogP contribution in [0.2, 0.25) is 0 Å². The molecule has 2 heterocycles. The molecule has 1 atom stereocenters. The monoisotopic (exact) mass is 348 g/mol. The minimum absolute atomic E-state index is 0.482. The van der Waals surface area contributed by atoms with Crippen LogP contribution in [0.3, 0.4) is 0 Å². The van der Waals surface area contributed by atoms with Crippen molar-refractivity contribution in [3.05, 3.63) is 90.1 Å². The predicted octanol–water partition coefficient (Wildman–Crippen LogP) is 6.44. The number of benzene rings is 3. The highest BCUT2D eigenvalue weighted by Crippen LogP contribution is 2.47. The summed E-state index contributed by atoms with van der Waals surface area (Å²) in [6.07, 6.45) is 1.05. The second kappa shape index (κ2) is 5.37. The third-order valence-corrected chi connectivity index (χ3v) is 5.98. The van der Waals surface area contributed by atoms with E-state index in [-0.39, 0.29) is 0 Å². The second-order valence-corrected chi connectivity index (χ2v) is 7.57. The number of rotatable bonds is 1. The Balaban J connectivity index is 1.78. The molecular formula is C25H20N2. The summed E-state index contributed by atoms with van der Waals surface area (Å²) in [6, 6.07) is 28.2. The van der Waals surface area contributed by atoms with E-state index in [1.807, 2.05) is 0 Å². The fourth-order valence-corrected chi connectivity index (χ4v) is 4.90. The Bertz CT molecular complexity index is 1300. The van der Waals surface area contributed by atoms with Gasteiger partial charge in [0.15, 0.2) is 0 Å². The predicted molar refractivity (Wildman–Crippen MR) is 113 cm³/mol. The van der Waals surface area contributed by atoms with Gasteiger partial charge in [0.1, 0.15) is 0 Å². The molecule has 27 heavy (non-hydrogen) atoms. The van der Waals surface area contributed by atoms with Gasteiger partial charge < -0.3 is 9.55 Å². The van der Waals surface area contributed by atoms with E-state index >= 15 is 0 Å². The molecule has 2 aromatic heterocycles. The Morgan fingerprint density at radius 3 is 2.37 bits per heavy atom.